The zero-order chi connectivity index (χ0) is 14.5. The van der Waals surface area contributed by atoms with Crippen molar-refractivity contribution in [1.82, 2.24) is 9.80 Å². The average molecular weight is 296 g/mol. The first-order valence-electron chi connectivity index (χ1n) is 7.01. The second-order valence-electron chi connectivity index (χ2n) is 5.40. The highest BCUT2D eigenvalue weighted by Gasteiger charge is 2.14. The van der Waals surface area contributed by atoms with E-state index in [1.165, 1.54) is 0 Å². The van der Waals surface area contributed by atoms with E-state index in [0.717, 1.165) is 44.0 Å². The van der Waals surface area contributed by atoms with Gasteiger partial charge in [0.2, 0.25) is 5.91 Å². The smallest absolute Gasteiger partial charge is 0.225 e. The summed E-state index contributed by atoms with van der Waals surface area (Å²) in [5, 5.41) is 3.58. The van der Waals surface area contributed by atoms with Crippen LogP contribution in [0.2, 0.25) is 5.02 Å². The zero-order valence-corrected chi connectivity index (χ0v) is 12.9. The molecule has 1 aliphatic rings. The van der Waals surface area contributed by atoms with Gasteiger partial charge in [0.05, 0.1) is 0 Å². The van der Waals surface area contributed by atoms with Crippen molar-refractivity contribution in [3.8, 4) is 0 Å². The minimum atomic E-state index is 0.0503. The SMILES string of the molecule is Cc1ccc(Cl)cc1NC(=O)CCN1CCN(C)CC1. The fourth-order valence-corrected chi connectivity index (χ4v) is 2.44. The first-order chi connectivity index (χ1) is 9.54. The maximum atomic E-state index is 12.0. The van der Waals surface area contributed by atoms with Crippen molar-refractivity contribution in [1.29, 1.82) is 0 Å². The van der Waals surface area contributed by atoms with E-state index in [-0.39, 0.29) is 5.91 Å². The van der Waals surface area contributed by atoms with Gasteiger partial charge in [0.1, 0.15) is 0 Å². The molecule has 1 N–H and O–H groups in total. The highest BCUT2D eigenvalue weighted by atomic mass is 35.5. The predicted molar refractivity (Wildman–Crippen MR) is 83.4 cm³/mol. The third-order valence-corrected chi connectivity index (χ3v) is 3.96. The topological polar surface area (TPSA) is 35.6 Å². The number of nitrogens with zero attached hydrogens (tertiary/aromatic N) is 2. The number of carbonyl (C=O) groups is 1. The van der Waals surface area contributed by atoms with Gasteiger partial charge in [-0.3, -0.25) is 4.79 Å². The van der Waals surface area contributed by atoms with Gasteiger partial charge in [-0.2, -0.15) is 0 Å². The largest absolute Gasteiger partial charge is 0.326 e. The molecule has 2 rings (SSSR count). The number of benzene rings is 1. The fraction of sp³-hybridized carbons (Fsp3) is 0.533. The molecule has 1 fully saturated rings. The molecule has 5 heteroatoms. The van der Waals surface area contributed by atoms with E-state index in [0.29, 0.717) is 11.4 Å². The average Bonchev–Trinajstić information content (AvgIpc) is 2.42. The summed E-state index contributed by atoms with van der Waals surface area (Å²) in [6, 6.07) is 5.54. The summed E-state index contributed by atoms with van der Waals surface area (Å²) in [6.45, 7) is 7.02. The Balaban J connectivity index is 1.79. The number of hydrogen-bond acceptors (Lipinski definition) is 3. The maximum absolute atomic E-state index is 12.0. The minimum Gasteiger partial charge on any atom is -0.326 e. The predicted octanol–water partition coefficient (Wildman–Crippen LogP) is 2.22. The molecular formula is C15H22ClN3O. The Morgan fingerprint density at radius 3 is 2.70 bits per heavy atom. The first-order valence-corrected chi connectivity index (χ1v) is 7.39. The number of rotatable bonds is 4. The van der Waals surface area contributed by atoms with Gasteiger partial charge in [0.25, 0.3) is 0 Å². The molecule has 4 nitrogen and oxygen atoms in total. The van der Waals surface area contributed by atoms with Gasteiger partial charge in [0.15, 0.2) is 0 Å². The lowest BCUT2D eigenvalue weighted by Gasteiger charge is -2.32. The Morgan fingerprint density at radius 1 is 1.30 bits per heavy atom. The number of hydrogen-bond donors (Lipinski definition) is 1. The number of amides is 1. The minimum absolute atomic E-state index is 0.0503. The molecule has 1 amide bonds. The molecule has 0 unspecified atom stereocenters. The summed E-state index contributed by atoms with van der Waals surface area (Å²) >= 11 is 5.95. The molecule has 0 radical (unpaired) electrons. The van der Waals surface area contributed by atoms with Gasteiger partial charge in [-0.25, -0.2) is 0 Å². The Bertz CT molecular complexity index is 470. The summed E-state index contributed by atoms with van der Waals surface area (Å²) in [5.74, 6) is 0.0503. The van der Waals surface area contributed by atoms with E-state index in [1.54, 1.807) is 6.07 Å². The number of carbonyl (C=O) groups excluding carboxylic acids is 1. The molecule has 0 aromatic heterocycles. The van der Waals surface area contributed by atoms with Crippen LogP contribution < -0.4 is 5.32 Å². The summed E-state index contributed by atoms with van der Waals surface area (Å²) in [5.41, 5.74) is 1.84. The standard InChI is InChI=1S/C15H22ClN3O/c1-12-3-4-13(16)11-14(12)17-15(20)5-6-19-9-7-18(2)8-10-19/h3-4,11H,5-10H2,1-2H3,(H,17,20). The molecule has 1 aromatic carbocycles. The lowest BCUT2D eigenvalue weighted by molar-refractivity contribution is -0.116. The van der Waals surface area contributed by atoms with Crippen LogP contribution in [0.3, 0.4) is 0 Å². The molecule has 1 saturated heterocycles. The molecule has 0 aliphatic carbocycles. The quantitative estimate of drug-likeness (QED) is 0.925. The molecule has 0 saturated carbocycles. The Kier molecular flexibility index (Phi) is 5.40. The number of aryl methyl sites for hydroxylation is 1. The van der Waals surface area contributed by atoms with Crippen molar-refractivity contribution in [3.05, 3.63) is 28.8 Å². The first kappa shape index (κ1) is 15.3. The van der Waals surface area contributed by atoms with Crippen LogP contribution in [0.5, 0.6) is 0 Å². The Hall–Kier alpha value is -1.10. The van der Waals surface area contributed by atoms with Gasteiger partial charge in [0, 0.05) is 49.9 Å². The van der Waals surface area contributed by atoms with Crippen molar-refractivity contribution in [2.75, 3.05) is 45.1 Å². The number of anilines is 1. The molecule has 1 heterocycles. The maximum Gasteiger partial charge on any atom is 0.225 e. The van der Waals surface area contributed by atoms with Crippen molar-refractivity contribution in [3.63, 3.8) is 0 Å². The van der Waals surface area contributed by atoms with Crippen LogP contribution in [0.15, 0.2) is 18.2 Å². The van der Waals surface area contributed by atoms with Crippen LogP contribution in [0.4, 0.5) is 5.69 Å². The Morgan fingerprint density at radius 2 is 2.00 bits per heavy atom. The van der Waals surface area contributed by atoms with Gasteiger partial charge >= 0.3 is 0 Å². The lowest BCUT2D eigenvalue weighted by Crippen LogP contribution is -2.45. The van der Waals surface area contributed by atoms with E-state index < -0.39 is 0 Å². The second-order valence-corrected chi connectivity index (χ2v) is 5.84. The molecule has 1 aromatic rings. The number of halogens is 1. The van der Waals surface area contributed by atoms with Crippen molar-refractivity contribution in [2.24, 2.45) is 0 Å². The summed E-state index contributed by atoms with van der Waals surface area (Å²) in [6.07, 6.45) is 0.523. The highest BCUT2D eigenvalue weighted by molar-refractivity contribution is 6.31. The third kappa shape index (κ3) is 4.47. The molecule has 1 aliphatic heterocycles. The van der Waals surface area contributed by atoms with Crippen LogP contribution in [0.25, 0.3) is 0 Å². The fourth-order valence-electron chi connectivity index (χ4n) is 2.27. The molecule has 20 heavy (non-hydrogen) atoms. The molecular weight excluding hydrogens is 274 g/mol. The van der Waals surface area contributed by atoms with Crippen LogP contribution in [-0.2, 0) is 4.79 Å². The van der Waals surface area contributed by atoms with E-state index in [1.807, 2.05) is 19.1 Å². The van der Waals surface area contributed by atoms with Crippen LogP contribution in [-0.4, -0.2) is 55.5 Å². The molecule has 110 valence electrons. The van der Waals surface area contributed by atoms with Crippen molar-refractivity contribution < 1.29 is 4.79 Å². The van der Waals surface area contributed by atoms with Gasteiger partial charge in [-0.05, 0) is 31.7 Å². The van der Waals surface area contributed by atoms with Crippen LogP contribution in [0.1, 0.15) is 12.0 Å². The van der Waals surface area contributed by atoms with Gasteiger partial charge < -0.3 is 15.1 Å². The van der Waals surface area contributed by atoms with Crippen molar-refractivity contribution in [2.45, 2.75) is 13.3 Å². The zero-order valence-electron chi connectivity index (χ0n) is 12.2. The van der Waals surface area contributed by atoms with Gasteiger partial charge in [-0.15, -0.1) is 0 Å². The molecule has 0 atom stereocenters. The van der Waals surface area contributed by atoms with Crippen LogP contribution in [0, 0.1) is 6.92 Å². The van der Waals surface area contributed by atoms with Crippen molar-refractivity contribution >= 4 is 23.2 Å². The molecule has 0 spiro atoms. The van der Waals surface area contributed by atoms with Gasteiger partial charge in [-0.1, -0.05) is 17.7 Å². The normalized spacial score (nSPS) is 17.1. The third-order valence-electron chi connectivity index (χ3n) is 3.72. The highest BCUT2D eigenvalue weighted by Crippen LogP contribution is 2.20. The second kappa shape index (κ2) is 7.07. The molecule has 0 bridgehead atoms. The number of likely N-dealkylation sites (N-methyl/N-ethyl adjacent to an activating group) is 1. The summed E-state index contributed by atoms with van der Waals surface area (Å²) in [4.78, 5) is 16.6. The lowest BCUT2D eigenvalue weighted by atomic mass is 10.2. The number of piperazine rings is 1. The monoisotopic (exact) mass is 295 g/mol. The van der Waals surface area contributed by atoms with E-state index in [9.17, 15) is 4.79 Å². The van der Waals surface area contributed by atoms with E-state index in [2.05, 4.69) is 22.2 Å². The summed E-state index contributed by atoms with van der Waals surface area (Å²) < 4.78 is 0. The van der Waals surface area contributed by atoms with Crippen LogP contribution >= 0.6 is 11.6 Å². The van der Waals surface area contributed by atoms with E-state index in [4.69, 9.17) is 11.6 Å². The Labute approximate surface area is 125 Å². The van der Waals surface area contributed by atoms with E-state index >= 15 is 0 Å². The number of nitrogens with one attached hydrogen (secondary N) is 1. The summed E-state index contributed by atoms with van der Waals surface area (Å²) in [7, 11) is 2.13.